The third-order valence-electron chi connectivity index (χ3n) is 3.87. The number of carbonyl (C=O) groups is 1. The van der Waals surface area contributed by atoms with Gasteiger partial charge in [-0.05, 0) is 30.3 Å². The van der Waals surface area contributed by atoms with Crippen molar-refractivity contribution in [2.24, 2.45) is 0 Å². The van der Waals surface area contributed by atoms with Gasteiger partial charge in [0, 0.05) is 18.7 Å². The Balaban J connectivity index is 2.36. The molecule has 28 heavy (non-hydrogen) atoms. The summed E-state index contributed by atoms with van der Waals surface area (Å²) in [6.07, 6.45) is 0. The van der Waals surface area contributed by atoms with Crippen molar-refractivity contribution in [3.05, 3.63) is 53.8 Å². The van der Waals surface area contributed by atoms with Crippen LogP contribution >= 0.6 is 0 Å². The molecule has 0 unspecified atom stereocenters. The minimum atomic E-state index is -4.13. The van der Waals surface area contributed by atoms with Crippen LogP contribution in [0.25, 0.3) is 0 Å². The zero-order valence-electron chi connectivity index (χ0n) is 15.2. The molecule has 0 saturated heterocycles. The Kier molecular flexibility index (Phi) is 7.03. The Labute approximate surface area is 161 Å². The molecule has 0 aliphatic carbocycles. The van der Waals surface area contributed by atoms with Gasteiger partial charge < -0.3 is 10.1 Å². The molecule has 0 aliphatic heterocycles. The van der Waals surface area contributed by atoms with E-state index in [1.165, 1.54) is 24.3 Å². The molecule has 0 aliphatic rings. The number of para-hydroxylation sites is 2. The van der Waals surface area contributed by atoms with E-state index in [2.05, 4.69) is 10.1 Å². The molecule has 0 bridgehead atoms. The second-order valence-electron chi connectivity index (χ2n) is 5.56. The predicted molar refractivity (Wildman–Crippen MR) is 97.5 cm³/mol. The maximum absolute atomic E-state index is 14.2. The molecule has 2 rings (SSSR count). The molecule has 1 N–H and O–H groups in total. The van der Waals surface area contributed by atoms with Crippen LogP contribution in [0.3, 0.4) is 0 Å². The van der Waals surface area contributed by atoms with Crippen molar-refractivity contribution in [1.29, 1.82) is 0 Å². The number of amides is 1. The van der Waals surface area contributed by atoms with Gasteiger partial charge in [-0.1, -0.05) is 26.0 Å². The van der Waals surface area contributed by atoms with Crippen LogP contribution in [0, 0.1) is 5.82 Å². The fourth-order valence-corrected chi connectivity index (χ4v) is 4.06. The molecule has 0 aromatic heterocycles. The van der Waals surface area contributed by atoms with Gasteiger partial charge in [0.15, 0.2) is 0 Å². The first-order valence-corrected chi connectivity index (χ1v) is 9.79. The zero-order valence-corrected chi connectivity index (χ0v) is 16.0. The second kappa shape index (κ2) is 9.07. The van der Waals surface area contributed by atoms with Crippen LogP contribution in [0.1, 0.15) is 24.2 Å². The fourth-order valence-electron chi connectivity index (χ4n) is 2.51. The molecule has 0 spiro atoms. The summed E-state index contributed by atoms with van der Waals surface area (Å²) in [6.45, 7) is 0.389. The summed E-state index contributed by atoms with van der Waals surface area (Å²) in [5.41, 5.74) is -0.191. The highest BCUT2D eigenvalue weighted by molar-refractivity contribution is 7.89. The van der Waals surface area contributed by atoms with Crippen LogP contribution in [-0.2, 0) is 10.0 Å². The summed E-state index contributed by atoms with van der Waals surface area (Å²) in [4.78, 5) is 11.8. The highest BCUT2D eigenvalue weighted by Gasteiger charge is 2.26. The number of benzene rings is 2. The van der Waals surface area contributed by atoms with Gasteiger partial charge in [-0.2, -0.15) is 13.1 Å². The summed E-state index contributed by atoms with van der Waals surface area (Å²) in [6, 6.07) is 8.40. The van der Waals surface area contributed by atoms with Crippen LogP contribution in [-0.4, -0.2) is 38.3 Å². The van der Waals surface area contributed by atoms with E-state index < -0.39 is 33.3 Å². The molecule has 0 saturated carbocycles. The maximum Gasteiger partial charge on any atom is 0.387 e. The van der Waals surface area contributed by atoms with Gasteiger partial charge >= 0.3 is 6.61 Å². The van der Waals surface area contributed by atoms with E-state index >= 15 is 0 Å². The molecule has 0 radical (unpaired) electrons. The maximum atomic E-state index is 14.2. The highest BCUT2D eigenvalue weighted by atomic mass is 32.2. The molecule has 0 fully saturated rings. The Bertz CT molecular complexity index is 948. The lowest BCUT2D eigenvalue weighted by Crippen LogP contribution is -2.31. The van der Waals surface area contributed by atoms with Crippen molar-refractivity contribution in [1.82, 2.24) is 4.31 Å². The lowest BCUT2D eigenvalue weighted by Gasteiger charge is -2.19. The van der Waals surface area contributed by atoms with E-state index in [-0.39, 0.29) is 30.1 Å². The smallest absolute Gasteiger partial charge is 0.387 e. The normalized spacial score (nSPS) is 11.7. The predicted octanol–water partition coefficient (Wildman–Crippen LogP) is 3.71. The van der Waals surface area contributed by atoms with Crippen molar-refractivity contribution in [2.75, 3.05) is 18.4 Å². The molecule has 2 aromatic rings. The Morgan fingerprint density at radius 1 is 1.14 bits per heavy atom. The standard InChI is InChI=1S/C18H19F3N2O4S/c1-3-23(4-2)28(25,26)16-11-12(9-10-13(16)19)17(24)22-14-7-5-6-8-15(14)27-18(20)21/h5-11,18H,3-4H2,1-2H3,(H,22,24). The molecule has 2 aromatic carbocycles. The number of hydrogen-bond donors (Lipinski definition) is 1. The number of hydrogen-bond acceptors (Lipinski definition) is 4. The van der Waals surface area contributed by atoms with Crippen LogP contribution < -0.4 is 10.1 Å². The van der Waals surface area contributed by atoms with Crippen LogP contribution in [0.2, 0.25) is 0 Å². The number of ether oxygens (including phenoxy) is 1. The van der Waals surface area contributed by atoms with Gasteiger partial charge in [0.2, 0.25) is 10.0 Å². The summed E-state index contributed by atoms with van der Waals surface area (Å²) < 4.78 is 69.7. The first-order valence-electron chi connectivity index (χ1n) is 8.35. The van der Waals surface area contributed by atoms with Crippen molar-refractivity contribution < 1.29 is 31.1 Å². The molecule has 1 amide bonds. The average Bonchev–Trinajstić information content (AvgIpc) is 2.63. The number of alkyl halides is 2. The molecule has 6 nitrogen and oxygen atoms in total. The number of halogens is 3. The Morgan fingerprint density at radius 3 is 2.39 bits per heavy atom. The summed E-state index contributed by atoms with van der Waals surface area (Å²) in [5.74, 6) is -2.06. The van der Waals surface area contributed by atoms with Gasteiger partial charge in [0.1, 0.15) is 16.5 Å². The minimum absolute atomic E-state index is 0.0368. The molecular formula is C18H19F3N2O4S. The minimum Gasteiger partial charge on any atom is -0.433 e. The summed E-state index contributed by atoms with van der Waals surface area (Å²) >= 11 is 0. The quantitative estimate of drug-likeness (QED) is 0.712. The number of nitrogens with zero attached hydrogens (tertiary/aromatic N) is 1. The van der Waals surface area contributed by atoms with Gasteiger partial charge in [-0.25, -0.2) is 12.8 Å². The van der Waals surface area contributed by atoms with Gasteiger partial charge in [0.25, 0.3) is 5.91 Å². The number of anilines is 1. The molecule has 10 heteroatoms. The third kappa shape index (κ3) is 4.82. The number of sulfonamides is 1. The Hall–Kier alpha value is -2.59. The van der Waals surface area contributed by atoms with E-state index in [1.807, 2.05) is 0 Å². The van der Waals surface area contributed by atoms with Crippen molar-refractivity contribution >= 4 is 21.6 Å². The van der Waals surface area contributed by atoms with E-state index in [0.717, 1.165) is 22.5 Å². The van der Waals surface area contributed by atoms with Crippen molar-refractivity contribution in [3.8, 4) is 5.75 Å². The number of rotatable bonds is 8. The number of nitrogens with one attached hydrogen (secondary N) is 1. The largest absolute Gasteiger partial charge is 0.433 e. The van der Waals surface area contributed by atoms with Crippen LogP contribution in [0.15, 0.2) is 47.4 Å². The van der Waals surface area contributed by atoms with E-state index in [0.29, 0.717) is 0 Å². The van der Waals surface area contributed by atoms with E-state index in [4.69, 9.17) is 0 Å². The van der Waals surface area contributed by atoms with Gasteiger partial charge in [-0.15, -0.1) is 0 Å². The molecular weight excluding hydrogens is 397 g/mol. The second-order valence-corrected chi connectivity index (χ2v) is 7.47. The number of carbonyl (C=O) groups excluding carboxylic acids is 1. The summed E-state index contributed by atoms with van der Waals surface area (Å²) in [5, 5.41) is 2.36. The first-order chi connectivity index (χ1) is 13.2. The van der Waals surface area contributed by atoms with Crippen molar-refractivity contribution in [2.45, 2.75) is 25.4 Å². The lowest BCUT2D eigenvalue weighted by molar-refractivity contribution is -0.0493. The van der Waals surface area contributed by atoms with Gasteiger partial charge in [0.05, 0.1) is 5.69 Å². The fraction of sp³-hybridized carbons (Fsp3) is 0.278. The molecule has 0 atom stereocenters. The third-order valence-corrected chi connectivity index (χ3v) is 5.93. The van der Waals surface area contributed by atoms with Crippen LogP contribution in [0.5, 0.6) is 5.75 Å². The average molecular weight is 416 g/mol. The van der Waals surface area contributed by atoms with Crippen molar-refractivity contribution in [3.63, 3.8) is 0 Å². The topological polar surface area (TPSA) is 75.7 Å². The highest BCUT2D eigenvalue weighted by Crippen LogP contribution is 2.27. The monoisotopic (exact) mass is 416 g/mol. The SMILES string of the molecule is CCN(CC)S(=O)(=O)c1cc(C(=O)Nc2ccccc2OC(F)F)ccc1F. The first kappa shape index (κ1) is 21.7. The summed E-state index contributed by atoms with van der Waals surface area (Å²) in [7, 11) is -4.13. The van der Waals surface area contributed by atoms with E-state index in [9.17, 15) is 26.4 Å². The lowest BCUT2D eigenvalue weighted by atomic mass is 10.2. The molecule has 0 heterocycles. The van der Waals surface area contributed by atoms with Gasteiger partial charge in [-0.3, -0.25) is 4.79 Å². The Morgan fingerprint density at radius 2 is 1.79 bits per heavy atom. The van der Waals surface area contributed by atoms with Crippen LogP contribution in [0.4, 0.5) is 18.9 Å². The zero-order chi connectivity index (χ0) is 20.9. The molecule has 152 valence electrons. The van der Waals surface area contributed by atoms with E-state index in [1.54, 1.807) is 13.8 Å².